The predicted octanol–water partition coefficient (Wildman–Crippen LogP) is 2.01. The van der Waals surface area contributed by atoms with E-state index >= 15 is 0 Å². The van der Waals surface area contributed by atoms with Gasteiger partial charge in [-0.3, -0.25) is 9.59 Å². The lowest BCUT2D eigenvalue weighted by Gasteiger charge is -2.29. The Morgan fingerprint density at radius 2 is 1.86 bits per heavy atom. The van der Waals surface area contributed by atoms with Crippen LogP contribution in [0.3, 0.4) is 0 Å². The minimum absolute atomic E-state index is 0.0421. The number of nitrogens with zero attached hydrogens (tertiary/aromatic N) is 1. The van der Waals surface area contributed by atoms with E-state index in [9.17, 15) is 32.7 Å². The number of ether oxygens (including phenoxy) is 1. The molecule has 37 heavy (non-hydrogen) atoms. The topological polar surface area (TPSA) is 108 Å². The number of aliphatic hydroxyl groups is 1. The molecule has 2 aromatic rings. The lowest BCUT2D eigenvalue weighted by Crippen LogP contribution is -2.56. The fourth-order valence-corrected chi connectivity index (χ4v) is 3.99. The first-order valence-electron chi connectivity index (χ1n) is 11.4. The average molecular weight is 518 g/mol. The second kappa shape index (κ2) is 12.3. The monoisotopic (exact) mass is 517 g/mol. The van der Waals surface area contributed by atoms with E-state index in [1.807, 2.05) is 0 Å². The number of terminal acetylenes is 1. The molecular weight excluding hydrogens is 491 g/mol. The number of hydrogen-bond acceptors (Lipinski definition) is 5. The van der Waals surface area contributed by atoms with Crippen molar-refractivity contribution in [1.82, 2.24) is 15.5 Å². The second-order valence-electron chi connectivity index (χ2n) is 8.56. The van der Waals surface area contributed by atoms with E-state index in [0.717, 1.165) is 0 Å². The van der Waals surface area contributed by atoms with Crippen molar-refractivity contribution in [2.45, 2.75) is 43.5 Å². The largest absolute Gasteiger partial charge is 0.436 e. The molecule has 1 fully saturated rings. The Bertz CT molecular complexity index is 1160. The third kappa shape index (κ3) is 7.72. The summed E-state index contributed by atoms with van der Waals surface area (Å²) < 4.78 is 46.8. The summed E-state index contributed by atoms with van der Waals surface area (Å²) in [6, 6.07) is 11.0. The van der Waals surface area contributed by atoms with Crippen molar-refractivity contribution >= 4 is 17.9 Å². The average Bonchev–Trinajstić information content (AvgIpc) is 3.20. The molecule has 0 aliphatic carbocycles. The number of alkyl carbamates (subject to hydrolysis) is 1. The molecule has 1 heterocycles. The lowest BCUT2D eigenvalue weighted by atomic mass is 10.00. The van der Waals surface area contributed by atoms with Gasteiger partial charge in [-0.25, -0.2) is 18.0 Å². The highest BCUT2D eigenvalue weighted by molar-refractivity contribution is 5.90. The maximum absolute atomic E-state index is 14.3. The Balaban J connectivity index is 1.76. The summed E-state index contributed by atoms with van der Waals surface area (Å²) in [6.07, 6.45) is 1.08. The number of carbonyl (C=O) groups excluding carboxylic acids is 3. The highest BCUT2D eigenvalue weighted by Gasteiger charge is 2.51. The minimum atomic E-state index is -3.38. The van der Waals surface area contributed by atoms with Crippen LogP contribution in [-0.2, 0) is 27.3 Å². The Hall–Kier alpha value is -4.04. The molecule has 1 aliphatic rings. The second-order valence-corrected chi connectivity index (χ2v) is 8.56. The highest BCUT2D eigenvalue weighted by atomic mass is 19.3. The number of aliphatic hydroxyl groups excluding tert-OH is 1. The summed E-state index contributed by atoms with van der Waals surface area (Å²) in [5.74, 6) is -3.86. The number of rotatable bonds is 9. The van der Waals surface area contributed by atoms with Gasteiger partial charge < -0.3 is 25.4 Å². The van der Waals surface area contributed by atoms with Crippen LogP contribution in [0.1, 0.15) is 17.5 Å². The molecular formula is C26H26F3N3O5. The van der Waals surface area contributed by atoms with Crippen LogP contribution in [-0.4, -0.2) is 65.2 Å². The highest BCUT2D eigenvalue weighted by Crippen LogP contribution is 2.33. The number of alkyl halides is 2. The summed E-state index contributed by atoms with van der Waals surface area (Å²) in [6.45, 7) is -1.61. The predicted molar refractivity (Wildman–Crippen MR) is 127 cm³/mol. The molecule has 11 heteroatoms. The maximum atomic E-state index is 14.3. The molecule has 2 aromatic carbocycles. The molecule has 0 saturated carbocycles. The number of carbonyl (C=O) groups is 3. The van der Waals surface area contributed by atoms with Crippen molar-refractivity contribution in [2.75, 3.05) is 13.2 Å². The molecule has 1 aliphatic heterocycles. The third-order valence-electron chi connectivity index (χ3n) is 5.73. The molecule has 0 radical (unpaired) electrons. The fraction of sp³-hybridized carbons (Fsp3) is 0.346. The fourth-order valence-electron chi connectivity index (χ4n) is 3.99. The molecule has 3 amide bonds. The van der Waals surface area contributed by atoms with E-state index in [1.165, 1.54) is 18.2 Å². The van der Waals surface area contributed by atoms with Crippen molar-refractivity contribution in [3.63, 3.8) is 0 Å². The van der Waals surface area contributed by atoms with Gasteiger partial charge in [0.25, 0.3) is 11.8 Å². The summed E-state index contributed by atoms with van der Waals surface area (Å²) in [7, 11) is 0. The number of hydrogen-bond donors (Lipinski definition) is 3. The first kappa shape index (κ1) is 27.5. The maximum Gasteiger partial charge on any atom is 0.408 e. The number of amides is 3. The van der Waals surface area contributed by atoms with E-state index in [4.69, 9.17) is 11.2 Å². The summed E-state index contributed by atoms with van der Waals surface area (Å²) in [4.78, 5) is 38.6. The minimum Gasteiger partial charge on any atom is -0.436 e. The van der Waals surface area contributed by atoms with E-state index in [0.29, 0.717) is 16.0 Å². The SMILES string of the molecule is C#CCOC(=O)NC(Cc1ccccc1)C(O)C(=O)N1CC(F)(F)CC1C(=O)NCc1cccc(F)c1. The van der Waals surface area contributed by atoms with Gasteiger partial charge in [-0.1, -0.05) is 48.4 Å². The van der Waals surface area contributed by atoms with Gasteiger partial charge in [-0.15, -0.1) is 6.42 Å². The zero-order chi connectivity index (χ0) is 27.0. The molecule has 196 valence electrons. The van der Waals surface area contributed by atoms with Gasteiger partial charge >= 0.3 is 6.09 Å². The number of nitrogens with one attached hydrogen (secondary N) is 2. The van der Waals surface area contributed by atoms with E-state index in [-0.39, 0.29) is 19.6 Å². The Labute approximate surface area is 211 Å². The van der Waals surface area contributed by atoms with E-state index < -0.39 is 60.8 Å². The van der Waals surface area contributed by atoms with Crippen molar-refractivity contribution in [1.29, 1.82) is 0 Å². The molecule has 0 aromatic heterocycles. The smallest absolute Gasteiger partial charge is 0.408 e. The Morgan fingerprint density at radius 1 is 1.16 bits per heavy atom. The van der Waals surface area contributed by atoms with Crippen LogP contribution in [0.2, 0.25) is 0 Å². The molecule has 0 spiro atoms. The molecule has 1 saturated heterocycles. The van der Waals surface area contributed by atoms with Crippen LogP contribution in [0.4, 0.5) is 18.0 Å². The summed E-state index contributed by atoms with van der Waals surface area (Å²) >= 11 is 0. The van der Waals surface area contributed by atoms with Crippen molar-refractivity contribution in [3.05, 3.63) is 71.5 Å². The van der Waals surface area contributed by atoms with Crippen LogP contribution < -0.4 is 10.6 Å². The van der Waals surface area contributed by atoms with Gasteiger partial charge in [0.05, 0.1) is 12.6 Å². The van der Waals surface area contributed by atoms with Gasteiger partial charge in [-0.2, -0.15) is 0 Å². The van der Waals surface area contributed by atoms with Crippen LogP contribution in [0.25, 0.3) is 0 Å². The first-order valence-corrected chi connectivity index (χ1v) is 11.4. The van der Waals surface area contributed by atoms with Gasteiger partial charge in [0.15, 0.2) is 12.7 Å². The van der Waals surface area contributed by atoms with Crippen LogP contribution in [0.5, 0.6) is 0 Å². The third-order valence-corrected chi connectivity index (χ3v) is 5.73. The lowest BCUT2D eigenvalue weighted by molar-refractivity contribution is -0.147. The Morgan fingerprint density at radius 3 is 2.54 bits per heavy atom. The van der Waals surface area contributed by atoms with E-state index in [1.54, 1.807) is 36.4 Å². The number of benzene rings is 2. The van der Waals surface area contributed by atoms with Crippen LogP contribution in [0.15, 0.2) is 54.6 Å². The van der Waals surface area contributed by atoms with Gasteiger partial charge in [0, 0.05) is 13.0 Å². The quantitative estimate of drug-likeness (QED) is 0.441. The summed E-state index contributed by atoms with van der Waals surface area (Å²) in [5.41, 5.74) is 1.03. The summed E-state index contributed by atoms with van der Waals surface area (Å²) in [5, 5.41) is 15.6. The van der Waals surface area contributed by atoms with Crippen LogP contribution >= 0.6 is 0 Å². The standard InChI is InChI=1S/C26H26F3N3O5/c1-2-11-37-25(36)31-20(13-17-7-4-3-5-8-17)22(33)24(35)32-16-26(28,29)14-21(32)23(34)30-15-18-9-6-10-19(27)12-18/h1,3-10,12,20-22,33H,11,13-16H2,(H,30,34)(H,31,36). The zero-order valence-corrected chi connectivity index (χ0v) is 19.7. The van der Waals surface area contributed by atoms with Crippen molar-refractivity contribution in [2.24, 2.45) is 0 Å². The Kier molecular flexibility index (Phi) is 9.14. The number of likely N-dealkylation sites (tertiary alicyclic amines) is 1. The molecule has 3 atom stereocenters. The van der Waals surface area contributed by atoms with Gasteiger partial charge in [0.2, 0.25) is 5.91 Å². The first-order chi connectivity index (χ1) is 17.6. The molecule has 0 bridgehead atoms. The van der Waals surface area contributed by atoms with Crippen LogP contribution in [0, 0.1) is 18.2 Å². The molecule has 3 unspecified atom stereocenters. The van der Waals surface area contributed by atoms with Gasteiger partial charge in [-0.05, 0) is 29.7 Å². The molecule has 3 rings (SSSR count). The molecule has 3 N–H and O–H groups in total. The van der Waals surface area contributed by atoms with Crippen molar-refractivity contribution < 1.29 is 37.4 Å². The zero-order valence-electron chi connectivity index (χ0n) is 19.7. The molecule has 8 nitrogen and oxygen atoms in total. The normalized spacial score (nSPS) is 17.8. The number of halogens is 3. The van der Waals surface area contributed by atoms with Crippen molar-refractivity contribution in [3.8, 4) is 12.3 Å². The van der Waals surface area contributed by atoms with E-state index in [2.05, 4.69) is 16.6 Å². The van der Waals surface area contributed by atoms with Gasteiger partial charge in [0.1, 0.15) is 11.9 Å².